The molecule has 1 heterocycles. The zero-order valence-electron chi connectivity index (χ0n) is 16.0. The van der Waals surface area contributed by atoms with E-state index in [1.54, 1.807) is 14.2 Å². The second kappa shape index (κ2) is 9.14. The number of rotatable bonds is 7. The number of ether oxygens (including phenoxy) is 2. The van der Waals surface area contributed by atoms with Crippen LogP contribution in [0.3, 0.4) is 0 Å². The number of anilines is 2. The van der Waals surface area contributed by atoms with Crippen molar-refractivity contribution in [2.45, 2.75) is 63.2 Å². The third kappa shape index (κ3) is 5.17. The van der Waals surface area contributed by atoms with Crippen molar-refractivity contribution in [3.63, 3.8) is 0 Å². The summed E-state index contributed by atoms with van der Waals surface area (Å²) in [5.74, 6) is 0.390. The van der Waals surface area contributed by atoms with Gasteiger partial charge in [0.1, 0.15) is 11.4 Å². The molecule has 1 amide bonds. The molecule has 2 aliphatic carbocycles. The Hall–Kier alpha value is -2.19. The van der Waals surface area contributed by atoms with Crippen LogP contribution < -0.4 is 16.4 Å². The Balaban J connectivity index is 1.71. The summed E-state index contributed by atoms with van der Waals surface area (Å²) in [6.45, 7) is 0. The first-order valence-corrected chi connectivity index (χ1v) is 9.54. The van der Waals surface area contributed by atoms with Gasteiger partial charge in [0.15, 0.2) is 0 Å². The summed E-state index contributed by atoms with van der Waals surface area (Å²) in [7, 11) is 3.48. The Kier molecular flexibility index (Phi) is 6.63. The van der Waals surface area contributed by atoms with Crippen molar-refractivity contribution in [1.29, 1.82) is 0 Å². The number of hydrogen-bond acceptors (Lipinski definition) is 7. The summed E-state index contributed by atoms with van der Waals surface area (Å²) in [5.41, 5.74) is 6.77. The summed E-state index contributed by atoms with van der Waals surface area (Å²) < 4.78 is 10.9. The van der Waals surface area contributed by atoms with Crippen molar-refractivity contribution in [2.75, 3.05) is 24.9 Å². The summed E-state index contributed by atoms with van der Waals surface area (Å²) in [5, 5.41) is 6.63. The fourth-order valence-corrected chi connectivity index (χ4v) is 3.68. The highest BCUT2D eigenvalue weighted by molar-refractivity contribution is 5.97. The van der Waals surface area contributed by atoms with Gasteiger partial charge < -0.3 is 25.8 Å². The van der Waals surface area contributed by atoms with Crippen molar-refractivity contribution >= 4 is 17.7 Å². The molecule has 2 aliphatic rings. The molecule has 148 valence electrons. The molecule has 4 N–H and O–H groups in total. The van der Waals surface area contributed by atoms with Gasteiger partial charge in [0.25, 0.3) is 5.91 Å². The normalized spacial score (nSPS) is 25.6. The Morgan fingerprint density at radius 1 is 1.15 bits per heavy atom. The van der Waals surface area contributed by atoms with Crippen molar-refractivity contribution in [1.82, 2.24) is 9.97 Å². The summed E-state index contributed by atoms with van der Waals surface area (Å²) in [6.07, 6.45) is 10.8. The molecule has 1 fully saturated rings. The molecule has 0 radical (unpaired) electrons. The van der Waals surface area contributed by atoms with Crippen LogP contribution in [0.4, 0.5) is 11.8 Å². The maximum absolute atomic E-state index is 11.8. The van der Waals surface area contributed by atoms with E-state index < -0.39 is 5.91 Å². The molecule has 1 saturated carbocycles. The van der Waals surface area contributed by atoms with Crippen molar-refractivity contribution in [2.24, 2.45) is 5.73 Å². The molecule has 0 aromatic carbocycles. The van der Waals surface area contributed by atoms with E-state index in [1.165, 1.54) is 6.20 Å². The number of aromatic nitrogens is 2. The second-order valence-corrected chi connectivity index (χ2v) is 7.17. The quantitative estimate of drug-likeness (QED) is 0.671. The maximum Gasteiger partial charge on any atom is 0.254 e. The molecule has 8 heteroatoms. The van der Waals surface area contributed by atoms with Crippen LogP contribution in [0.15, 0.2) is 18.0 Å². The topological polar surface area (TPSA) is 111 Å². The molecule has 0 aliphatic heterocycles. The average Bonchev–Trinajstić information content (AvgIpc) is 2.68. The smallest absolute Gasteiger partial charge is 0.254 e. The number of hydrogen-bond donors (Lipinski definition) is 3. The highest BCUT2D eigenvalue weighted by Crippen LogP contribution is 2.26. The summed E-state index contributed by atoms with van der Waals surface area (Å²) in [6, 6.07) is 0.301. The number of carbonyl (C=O) groups excluding carboxylic acids is 1. The number of nitrogens with two attached hydrogens (primary N) is 1. The van der Waals surface area contributed by atoms with Crippen LogP contribution in [0.1, 0.15) is 55.3 Å². The van der Waals surface area contributed by atoms with Crippen LogP contribution in [0.5, 0.6) is 0 Å². The first kappa shape index (κ1) is 19.6. The Morgan fingerprint density at radius 3 is 2.56 bits per heavy atom. The van der Waals surface area contributed by atoms with Crippen LogP contribution in [-0.4, -0.2) is 48.3 Å². The number of amides is 1. The fraction of sp³-hybridized carbons (Fsp3) is 0.632. The van der Waals surface area contributed by atoms with E-state index in [0.29, 0.717) is 23.9 Å². The number of nitrogens with zero attached hydrogens (tertiary/aromatic N) is 2. The van der Waals surface area contributed by atoms with Crippen LogP contribution in [0.2, 0.25) is 0 Å². The average molecular weight is 375 g/mol. The van der Waals surface area contributed by atoms with Gasteiger partial charge in [0.05, 0.1) is 12.2 Å². The van der Waals surface area contributed by atoms with Crippen LogP contribution in [0, 0.1) is 0 Å². The molecule has 0 spiro atoms. The molecule has 0 unspecified atom stereocenters. The minimum absolute atomic E-state index is 0.171. The SMILES string of the molecule is CO[C@H]1CCC=C(Nc2nc(N[C@H]3CC[C@H](OC)CC3)ncc2C(N)=O)C1. The van der Waals surface area contributed by atoms with Gasteiger partial charge in [0, 0.05) is 38.6 Å². The van der Waals surface area contributed by atoms with E-state index in [2.05, 4.69) is 26.7 Å². The van der Waals surface area contributed by atoms with Crippen LogP contribution >= 0.6 is 0 Å². The van der Waals surface area contributed by atoms with Gasteiger partial charge in [-0.15, -0.1) is 0 Å². The third-order valence-electron chi connectivity index (χ3n) is 5.33. The lowest BCUT2D eigenvalue weighted by Crippen LogP contribution is -2.30. The monoisotopic (exact) mass is 375 g/mol. The first-order chi connectivity index (χ1) is 13.1. The molecule has 1 aromatic rings. The van der Waals surface area contributed by atoms with E-state index in [1.807, 2.05) is 0 Å². The van der Waals surface area contributed by atoms with E-state index >= 15 is 0 Å². The number of nitrogens with one attached hydrogen (secondary N) is 2. The lowest BCUT2D eigenvalue weighted by Gasteiger charge is -2.28. The molecule has 0 bridgehead atoms. The van der Waals surface area contributed by atoms with Gasteiger partial charge in [-0.3, -0.25) is 4.79 Å². The largest absolute Gasteiger partial charge is 0.381 e. The van der Waals surface area contributed by atoms with Crippen LogP contribution in [-0.2, 0) is 9.47 Å². The molecule has 27 heavy (non-hydrogen) atoms. The van der Waals surface area contributed by atoms with Crippen molar-refractivity contribution in [3.8, 4) is 0 Å². The lowest BCUT2D eigenvalue weighted by atomic mass is 9.93. The molecule has 8 nitrogen and oxygen atoms in total. The van der Waals surface area contributed by atoms with E-state index in [4.69, 9.17) is 15.2 Å². The molecule has 0 saturated heterocycles. The van der Waals surface area contributed by atoms with Gasteiger partial charge in [-0.2, -0.15) is 4.98 Å². The Labute approximate surface area is 159 Å². The number of carbonyl (C=O) groups is 1. The number of primary amides is 1. The summed E-state index contributed by atoms with van der Waals surface area (Å²) >= 11 is 0. The van der Waals surface area contributed by atoms with Gasteiger partial charge in [-0.25, -0.2) is 4.98 Å². The van der Waals surface area contributed by atoms with E-state index in [-0.39, 0.29) is 11.7 Å². The minimum atomic E-state index is -0.552. The standard InChI is InChI=1S/C19H29N5O3/c1-26-14-8-6-12(7-9-14)23-19-21-11-16(17(20)25)18(24-19)22-13-4-3-5-15(10-13)27-2/h4,11-12,14-15H,3,5-10H2,1-2H3,(H2,20,25)(H2,21,22,23,24)/t12-,14-,15-/m0/s1. The molecule has 3 rings (SSSR count). The molecule has 1 atom stereocenters. The Bertz CT molecular complexity index is 686. The zero-order valence-corrected chi connectivity index (χ0v) is 16.0. The molecular formula is C19H29N5O3. The van der Waals surface area contributed by atoms with Gasteiger partial charge >= 0.3 is 0 Å². The number of allylic oxidation sites excluding steroid dienone is 1. The first-order valence-electron chi connectivity index (χ1n) is 9.54. The zero-order chi connectivity index (χ0) is 19.2. The van der Waals surface area contributed by atoms with Gasteiger partial charge in [0.2, 0.25) is 5.95 Å². The van der Waals surface area contributed by atoms with Gasteiger partial charge in [-0.05, 0) is 38.5 Å². The maximum atomic E-state index is 11.8. The predicted molar refractivity (Wildman–Crippen MR) is 104 cm³/mol. The molecular weight excluding hydrogens is 346 g/mol. The van der Waals surface area contributed by atoms with Crippen molar-refractivity contribution in [3.05, 3.63) is 23.5 Å². The van der Waals surface area contributed by atoms with Crippen LogP contribution in [0.25, 0.3) is 0 Å². The third-order valence-corrected chi connectivity index (χ3v) is 5.33. The minimum Gasteiger partial charge on any atom is -0.381 e. The molecule has 1 aromatic heterocycles. The van der Waals surface area contributed by atoms with Gasteiger partial charge in [-0.1, -0.05) is 6.08 Å². The van der Waals surface area contributed by atoms with Crippen molar-refractivity contribution < 1.29 is 14.3 Å². The van der Waals surface area contributed by atoms with E-state index in [9.17, 15) is 4.79 Å². The highest BCUT2D eigenvalue weighted by atomic mass is 16.5. The highest BCUT2D eigenvalue weighted by Gasteiger charge is 2.22. The summed E-state index contributed by atoms with van der Waals surface area (Å²) in [4.78, 5) is 20.6. The Morgan fingerprint density at radius 2 is 1.89 bits per heavy atom. The number of methoxy groups -OCH3 is 2. The second-order valence-electron chi connectivity index (χ2n) is 7.17. The van der Waals surface area contributed by atoms with E-state index in [0.717, 1.165) is 50.6 Å². The predicted octanol–water partition coefficient (Wildman–Crippen LogP) is 2.44. The lowest BCUT2D eigenvalue weighted by molar-refractivity contribution is 0.0681. The fourth-order valence-electron chi connectivity index (χ4n) is 3.68.